The number of amides is 1. The lowest BCUT2D eigenvalue weighted by atomic mass is 9.89. The van der Waals surface area contributed by atoms with E-state index in [4.69, 9.17) is 11.6 Å². The number of rotatable bonds is 6. The van der Waals surface area contributed by atoms with E-state index in [1.807, 2.05) is 24.3 Å². The van der Waals surface area contributed by atoms with Crippen LogP contribution in [-0.4, -0.2) is 34.6 Å². The Hall–Kier alpha value is -2.24. The van der Waals surface area contributed by atoms with Gasteiger partial charge in [0, 0.05) is 29.4 Å². The van der Waals surface area contributed by atoms with Gasteiger partial charge < -0.3 is 0 Å². The van der Waals surface area contributed by atoms with Crippen LogP contribution < -0.4 is 5.43 Å². The van der Waals surface area contributed by atoms with Crippen LogP contribution in [0.3, 0.4) is 0 Å². The third kappa shape index (κ3) is 4.78. The second-order valence-electron chi connectivity index (χ2n) is 7.61. The van der Waals surface area contributed by atoms with E-state index >= 15 is 0 Å². The Labute approximate surface area is 170 Å². The van der Waals surface area contributed by atoms with Gasteiger partial charge in [-0.1, -0.05) is 35.9 Å². The molecule has 1 aromatic carbocycles. The molecule has 2 aliphatic rings. The van der Waals surface area contributed by atoms with Crippen LogP contribution in [0.5, 0.6) is 0 Å². The molecule has 0 unspecified atom stereocenters. The number of piperidine rings is 1. The predicted molar refractivity (Wildman–Crippen MR) is 111 cm³/mol. The summed E-state index contributed by atoms with van der Waals surface area (Å²) in [6, 6.07) is 13.4. The van der Waals surface area contributed by atoms with Crippen LogP contribution in [0.2, 0.25) is 5.02 Å². The number of hydrazone groups is 1. The number of nitrogens with one attached hydrogen (secondary N) is 1. The van der Waals surface area contributed by atoms with Gasteiger partial charge in [-0.3, -0.25) is 14.7 Å². The number of benzene rings is 1. The molecule has 1 saturated carbocycles. The molecule has 1 amide bonds. The third-order valence-corrected chi connectivity index (χ3v) is 5.91. The van der Waals surface area contributed by atoms with E-state index in [0.29, 0.717) is 17.5 Å². The zero-order valence-electron chi connectivity index (χ0n) is 15.9. The molecule has 0 spiro atoms. The standard InChI is InChI=1S/C22H25ClN4O/c23-19-6-2-1-5-18(19)15-27-13-10-17(11-14-27)21(16-8-9-16)25-26-22(28)20-7-3-4-12-24-20/h1-7,12,16-17H,8-11,13-15H2,(H,26,28)/b25-21+. The lowest BCUT2D eigenvalue weighted by Crippen LogP contribution is -2.37. The fourth-order valence-corrected chi connectivity index (χ4v) is 4.01. The van der Waals surface area contributed by atoms with Crippen molar-refractivity contribution < 1.29 is 4.79 Å². The zero-order chi connectivity index (χ0) is 19.3. The highest BCUT2D eigenvalue weighted by atomic mass is 35.5. The molecule has 1 N–H and O–H groups in total. The number of carbonyl (C=O) groups excluding carboxylic acids is 1. The number of hydrogen-bond acceptors (Lipinski definition) is 4. The van der Waals surface area contributed by atoms with Gasteiger partial charge in [-0.2, -0.15) is 5.10 Å². The minimum absolute atomic E-state index is 0.241. The number of hydrogen-bond donors (Lipinski definition) is 1. The Bertz CT molecular complexity index is 843. The highest BCUT2D eigenvalue weighted by molar-refractivity contribution is 6.31. The summed E-state index contributed by atoms with van der Waals surface area (Å²) in [7, 11) is 0. The van der Waals surface area contributed by atoms with Crippen molar-refractivity contribution in [2.24, 2.45) is 16.9 Å². The first-order valence-corrected chi connectivity index (χ1v) is 10.3. The van der Waals surface area contributed by atoms with Gasteiger partial charge in [-0.25, -0.2) is 5.43 Å². The van der Waals surface area contributed by atoms with Crippen LogP contribution in [-0.2, 0) is 6.54 Å². The molecule has 1 saturated heterocycles. The molecule has 0 bridgehead atoms. The van der Waals surface area contributed by atoms with Gasteiger partial charge in [0.25, 0.3) is 5.91 Å². The van der Waals surface area contributed by atoms with Crippen molar-refractivity contribution in [3.05, 3.63) is 64.9 Å². The summed E-state index contributed by atoms with van der Waals surface area (Å²) < 4.78 is 0. The summed E-state index contributed by atoms with van der Waals surface area (Å²) in [6.45, 7) is 2.93. The summed E-state index contributed by atoms with van der Waals surface area (Å²) >= 11 is 6.30. The Morgan fingerprint density at radius 2 is 1.79 bits per heavy atom. The van der Waals surface area contributed by atoms with Gasteiger partial charge in [-0.05, 0) is 68.5 Å². The third-order valence-electron chi connectivity index (χ3n) is 5.54. The maximum atomic E-state index is 12.3. The Balaban J connectivity index is 1.35. The molecule has 0 atom stereocenters. The van der Waals surface area contributed by atoms with Gasteiger partial charge >= 0.3 is 0 Å². The van der Waals surface area contributed by atoms with Crippen LogP contribution in [0.1, 0.15) is 41.7 Å². The zero-order valence-corrected chi connectivity index (χ0v) is 16.6. The number of nitrogens with zero attached hydrogens (tertiary/aromatic N) is 3. The summed E-state index contributed by atoms with van der Waals surface area (Å²) in [5.41, 5.74) is 5.48. The van der Waals surface area contributed by atoms with Crippen LogP contribution in [0.4, 0.5) is 0 Å². The van der Waals surface area contributed by atoms with Gasteiger partial charge in [0.2, 0.25) is 0 Å². The summed E-state index contributed by atoms with van der Waals surface area (Å²) in [5.74, 6) is 0.734. The lowest BCUT2D eigenvalue weighted by Gasteiger charge is -2.32. The molecule has 28 heavy (non-hydrogen) atoms. The number of aromatic nitrogens is 1. The van der Waals surface area contributed by atoms with E-state index < -0.39 is 0 Å². The number of halogens is 1. The molecule has 4 rings (SSSR count). The van der Waals surface area contributed by atoms with Crippen LogP contribution >= 0.6 is 11.6 Å². The van der Waals surface area contributed by atoms with Crippen LogP contribution in [0, 0.1) is 11.8 Å². The number of likely N-dealkylation sites (tertiary alicyclic amines) is 1. The first kappa shape index (κ1) is 19.1. The van der Waals surface area contributed by atoms with Crippen LogP contribution in [0.15, 0.2) is 53.8 Å². The van der Waals surface area contributed by atoms with Crippen molar-refractivity contribution in [3.63, 3.8) is 0 Å². The maximum Gasteiger partial charge on any atom is 0.289 e. The van der Waals surface area contributed by atoms with Gasteiger partial charge in [0.1, 0.15) is 5.69 Å². The summed E-state index contributed by atoms with van der Waals surface area (Å²) in [4.78, 5) is 18.8. The molecule has 6 heteroatoms. The first-order valence-electron chi connectivity index (χ1n) is 9.95. The molecular formula is C22H25ClN4O. The van der Waals surface area contributed by atoms with E-state index in [-0.39, 0.29) is 5.91 Å². The monoisotopic (exact) mass is 396 g/mol. The van der Waals surface area contributed by atoms with Crippen molar-refractivity contribution in [3.8, 4) is 0 Å². The smallest absolute Gasteiger partial charge is 0.289 e. The Morgan fingerprint density at radius 3 is 2.46 bits per heavy atom. The molecular weight excluding hydrogens is 372 g/mol. The van der Waals surface area contributed by atoms with E-state index in [2.05, 4.69) is 26.5 Å². The van der Waals surface area contributed by atoms with E-state index in [9.17, 15) is 4.79 Å². The average molecular weight is 397 g/mol. The highest BCUT2D eigenvalue weighted by Crippen LogP contribution is 2.36. The van der Waals surface area contributed by atoms with Crippen molar-refractivity contribution in [2.45, 2.75) is 32.2 Å². The maximum absolute atomic E-state index is 12.3. The molecule has 2 fully saturated rings. The SMILES string of the molecule is O=C(N/N=C(\C1CC1)C1CCN(Cc2ccccc2Cl)CC1)c1ccccn1. The number of carbonyl (C=O) groups is 1. The molecule has 1 aromatic heterocycles. The van der Waals surface area contributed by atoms with E-state index in [1.165, 1.54) is 24.1 Å². The second kappa shape index (κ2) is 8.84. The normalized spacial score (nSPS) is 18.8. The molecule has 2 heterocycles. The summed E-state index contributed by atoms with van der Waals surface area (Å²) in [5, 5.41) is 5.38. The van der Waals surface area contributed by atoms with Crippen LogP contribution in [0.25, 0.3) is 0 Å². The Kier molecular flexibility index (Phi) is 6.03. The van der Waals surface area contributed by atoms with Crippen molar-refractivity contribution >= 4 is 23.2 Å². The lowest BCUT2D eigenvalue weighted by molar-refractivity contribution is 0.0949. The van der Waals surface area contributed by atoms with E-state index in [0.717, 1.165) is 37.5 Å². The van der Waals surface area contributed by atoms with Crippen molar-refractivity contribution in [1.82, 2.24) is 15.3 Å². The number of pyridine rings is 1. The molecule has 1 aliphatic carbocycles. The predicted octanol–water partition coefficient (Wildman–Crippen LogP) is 4.14. The quantitative estimate of drug-likeness (QED) is 0.589. The first-order chi connectivity index (χ1) is 13.7. The van der Waals surface area contributed by atoms with Gasteiger partial charge in [-0.15, -0.1) is 0 Å². The highest BCUT2D eigenvalue weighted by Gasteiger charge is 2.34. The minimum Gasteiger partial charge on any atom is -0.299 e. The fraction of sp³-hybridized carbons (Fsp3) is 0.409. The topological polar surface area (TPSA) is 57.6 Å². The Morgan fingerprint density at radius 1 is 1.07 bits per heavy atom. The van der Waals surface area contributed by atoms with Crippen molar-refractivity contribution in [1.29, 1.82) is 0 Å². The largest absolute Gasteiger partial charge is 0.299 e. The van der Waals surface area contributed by atoms with Crippen molar-refractivity contribution in [2.75, 3.05) is 13.1 Å². The molecule has 146 valence electrons. The molecule has 5 nitrogen and oxygen atoms in total. The summed E-state index contributed by atoms with van der Waals surface area (Å²) in [6.07, 6.45) is 6.11. The molecule has 2 aromatic rings. The van der Waals surface area contributed by atoms with E-state index in [1.54, 1.807) is 18.3 Å². The van der Waals surface area contributed by atoms with Gasteiger partial charge in [0.15, 0.2) is 0 Å². The second-order valence-corrected chi connectivity index (χ2v) is 8.02. The molecule has 1 aliphatic heterocycles. The average Bonchev–Trinajstić information content (AvgIpc) is 3.57. The minimum atomic E-state index is -0.241. The molecule has 0 radical (unpaired) electrons. The van der Waals surface area contributed by atoms with Gasteiger partial charge in [0.05, 0.1) is 0 Å². The fourth-order valence-electron chi connectivity index (χ4n) is 3.82.